The maximum absolute atomic E-state index is 13.2. The molecular formula is C25H28N4O2. The number of benzene rings is 2. The number of imidazole rings is 1. The number of aromatic nitrogens is 2. The minimum absolute atomic E-state index is 0.0396. The largest absolute Gasteiger partial charge is 0.330 e. The SMILES string of the molecule is CCCC[C@@H]1CN(c2cccc(-c3ccccc3)c2)C(=O)CN1C(=O)c1nccn1C. The molecule has 4 rings (SSSR count). The van der Waals surface area contributed by atoms with E-state index in [9.17, 15) is 9.59 Å². The lowest BCUT2D eigenvalue weighted by atomic mass is 10.0. The van der Waals surface area contributed by atoms with Gasteiger partial charge in [0.1, 0.15) is 6.54 Å². The first-order valence-corrected chi connectivity index (χ1v) is 10.8. The maximum atomic E-state index is 13.2. The molecule has 1 aliphatic rings. The number of anilines is 1. The fourth-order valence-electron chi connectivity index (χ4n) is 4.13. The van der Waals surface area contributed by atoms with E-state index in [0.717, 1.165) is 36.1 Å². The predicted octanol–water partition coefficient (Wildman–Crippen LogP) is 4.13. The number of piperazine rings is 1. The maximum Gasteiger partial charge on any atom is 0.290 e. The molecule has 6 heteroatoms. The van der Waals surface area contributed by atoms with Crippen LogP contribution in [0.3, 0.4) is 0 Å². The van der Waals surface area contributed by atoms with Crippen LogP contribution in [-0.4, -0.2) is 45.4 Å². The highest BCUT2D eigenvalue weighted by Gasteiger charge is 2.36. The summed E-state index contributed by atoms with van der Waals surface area (Å²) >= 11 is 0. The van der Waals surface area contributed by atoms with Crippen molar-refractivity contribution >= 4 is 17.5 Å². The summed E-state index contributed by atoms with van der Waals surface area (Å²) in [6.07, 6.45) is 6.26. The molecule has 2 amide bonds. The summed E-state index contributed by atoms with van der Waals surface area (Å²) in [4.78, 5) is 34.0. The summed E-state index contributed by atoms with van der Waals surface area (Å²) in [5.41, 5.74) is 3.06. The average molecular weight is 417 g/mol. The second-order valence-electron chi connectivity index (χ2n) is 8.01. The Morgan fingerprint density at radius 2 is 1.87 bits per heavy atom. The molecule has 6 nitrogen and oxygen atoms in total. The van der Waals surface area contributed by atoms with Gasteiger partial charge in [0.15, 0.2) is 5.82 Å². The Labute approximate surface area is 183 Å². The molecule has 0 saturated carbocycles. The molecule has 2 aromatic carbocycles. The number of aryl methyl sites for hydroxylation is 1. The van der Waals surface area contributed by atoms with Gasteiger partial charge in [-0.05, 0) is 29.7 Å². The van der Waals surface area contributed by atoms with Gasteiger partial charge in [-0.3, -0.25) is 9.59 Å². The summed E-state index contributed by atoms with van der Waals surface area (Å²) in [6.45, 7) is 2.70. The first-order chi connectivity index (χ1) is 15.1. The second kappa shape index (κ2) is 9.16. The van der Waals surface area contributed by atoms with E-state index in [-0.39, 0.29) is 24.4 Å². The van der Waals surface area contributed by atoms with Gasteiger partial charge in [0, 0.05) is 31.7 Å². The van der Waals surface area contributed by atoms with Gasteiger partial charge in [-0.15, -0.1) is 0 Å². The van der Waals surface area contributed by atoms with Crippen LogP contribution in [0.1, 0.15) is 36.8 Å². The second-order valence-corrected chi connectivity index (χ2v) is 8.01. The number of hydrogen-bond acceptors (Lipinski definition) is 3. The molecule has 0 spiro atoms. The number of carbonyl (C=O) groups excluding carboxylic acids is 2. The Morgan fingerprint density at radius 1 is 1.10 bits per heavy atom. The van der Waals surface area contributed by atoms with Crippen LogP contribution in [0.25, 0.3) is 11.1 Å². The highest BCUT2D eigenvalue weighted by molar-refractivity contribution is 6.01. The molecule has 1 saturated heterocycles. The van der Waals surface area contributed by atoms with E-state index < -0.39 is 0 Å². The molecule has 1 atom stereocenters. The van der Waals surface area contributed by atoms with E-state index in [1.807, 2.05) is 35.2 Å². The van der Waals surface area contributed by atoms with E-state index in [2.05, 4.69) is 36.2 Å². The van der Waals surface area contributed by atoms with Gasteiger partial charge >= 0.3 is 0 Å². The van der Waals surface area contributed by atoms with Crippen molar-refractivity contribution in [3.8, 4) is 11.1 Å². The van der Waals surface area contributed by atoms with Crippen molar-refractivity contribution in [2.45, 2.75) is 32.2 Å². The van der Waals surface area contributed by atoms with Crippen LogP contribution in [0.5, 0.6) is 0 Å². The minimum Gasteiger partial charge on any atom is -0.330 e. The fourth-order valence-corrected chi connectivity index (χ4v) is 4.13. The van der Waals surface area contributed by atoms with Crippen molar-refractivity contribution < 1.29 is 9.59 Å². The van der Waals surface area contributed by atoms with Gasteiger partial charge < -0.3 is 14.4 Å². The first kappa shape index (κ1) is 20.8. The monoisotopic (exact) mass is 416 g/mol. The Bertz CT molecular complexity index is 1060. The normalized spacial score (nSPS) is 16.6. The zero-order valence-electron chi connectivity index (χ0n) is 18.1. The first-order valence-electron chi connectivity index (χ1n) is 10.8. The quantitative estimate of drug-likeness (QED) is 0.607. The average Bonchev–Trinajstić information content (AvgIpc) is 3.24. The molecule has 1 aliphatic heterocycles. The lowest BCUT2D eigenvalue weighted by Crippen LogP contribution is -2.58. The number of unbranched alkanes of at least 4 members (excludes halogenated alkanes) is 1. The highest BCUT2D eigenvalue weighted by atomic mass is 16.2. The van der Waals surface area contributed by atoms with Crippen molar-refractivity contribution in [2.75, 3.05) is 18.0 Å². The van der Waals surface area contributed by atoms with Crippen LogP contribution in [0, 0.1) is 0 Å². The molecule has 1 aromatic heterocycles. The zero-order valence-corrected chi connectivity index (χ0v) is 18.1. The predicted molar refractivity (Wildman–Crippen MR) is 122 cm³/mol. The van der Waals surface area contributed by atoms with Gasteiger partial charge in [-0.1, -0.05) is 62.2 Å². The minimum atomic E-state index is -0.181. The third-order valence-corrected chi connectivity index (χ3v) is 5.87. The summed E-state index contributed by atoms with van der Waals surface area (Å²) in [5, 5.41) is 0. The van der Waals surface area contributed by atoms with Gasteiger partial charge in [-0.2, -0.15) is 0 Å². The molecule has 0 aliphatic carbocycles. The van der Waals surface area contributed by atoms with E-state index in [0.29, 0.717) is 12.4 Å². The molecular weight excluding hydrogens is 388 g/mol. The molecule has 0 N–H and O–H groups in total. The molecule has 160 valence electrons. The lowest BCUT2D eigenvalue weighted by molar-refractivity contribution is -0.121. The fraction of sp³-hybridized carbons (Fsp3) is 0.320. The van der Waals surface area contributed by atoms with Crippen molar-refractivity contribution in [1.82, 2.24) is 14.5 Å². The van der Waals surface area contributed by atoms with Gasteiger partial charge in [0.25, 0.3) is 5.91 Å². The van der Waals surface area contributed by atoms with E-state index >= 15 is 0 Å². The van der Waals surface area contributed by atoms with E-state index in [1.54, 1.807) is 28.9 Å². The Kier molecular flexibility index (Phi) is 6.16. The van der Waals surface area contributed by atoms with Gasteiger partial charge in [0.2, 0.25) is 5.91 Å². The summed E-state index contributed by atoms with van der Waals surface area (Å²) in [5.74, 6) is 0.119. The molecule has 0 bridgehead atoms. The van der Waals surface area contributed by atoms with Crippen LogP contribution in [0.4, 0.5) is 5.69 Å². The van der Waals surface area contributed by atoms with E-state index in [4.69, 9.17) is 0 Å². The van der Waals surface area contributed by atoms with Gasteiger partial charge in [0.05, 0.1) is 6.04 Å². The molecule has 3 aromatic rings. The van der Waals surface area contributed by atoms with Crippen LogP contribution >= 0.6 is 0 Å². The van der Waals surface area contributed by atoms with Crippen LogP contribution in [0.15, 0.2) is 67.0 Å². The molecule has 1 fully saturated rings. The third-order valence-electron chi connectivity index (χ3n) is 5.87. The van der Waals surface area contributed by atoms with Gasteiger partial charge in [-0.25, -0.2) is 4.98 Å². The Morgan fingerprint density at radius 3 is 2.58 bits per heavy atom. The zero-order chi connectivity index (χ0) is 21.8. The molecule has 0 radical (unpaired) electrons. The molecule has 31 heavy (non-hydrogen) atoms. The summed E-state index contributed by atoms with van der Waals surface area (Å²) in [7, 11) is 1.80. The number of nitrogens with zero attached hydrogens (tertiary/aromatic N) is 4. The molecule has 0 unspecified atom stereocenters. The van der Waals surface area contributed by atoms with Crippen LogP contribution in [-0.2, 0) is 11.8 Å². The number of rotatable bonds is 6. The van der Waals surface area contributed by atoms with Crippen molar-refractivity contribution in [3.05, 3.63) is 72.8 Å². The molecule has 2 heterocycles. The topological polar surface area (TPSA) is 58.4 Å². The smallest absolute Gasteiger partial charge is 0.290 e. The van der Waals surface area contributed by atoms with Crippen molar-refractivity contribution in [2.24, 2.45) is 7.05 Å². The lowest BCUT2D eigenvalue weighted by Gasteiger charge is -2.41. The van der Waals surface area contributed by atoms with Crippen LogP contribution in [0.2, 0.25) is 0 Å². The van der Waals surface area contributed by atoms with Crippen molar-refractivity contribution in [1.29, 1.82) is 0 Å². The number of hydrogen-bond donors (Lipinski definition) is 0. The summed E-state index contributed by atoms with van der Waals surface area (Å²) in [6, 6.07) is 18.2. The Balaban J connectivity index is 1.61. The van der Waals surface area contributed by atoms with Crippen LogP contribution < -0.4 is 4.90 Å². The standard InChI is InChI=1S/C25H28N4O2/c1-3-4-12-22-17-28(21-13-8-11-20(16-21)19-9-6-5-7-10-19)23(30)18-29(22)25(31)24-26-14-15-27(24)2/h5-11,13-16,22H,3-4,12,17-18H2,1-2H3/t22-/m1/s1. The third kappa shape index (κ3) is 4.38. The van der Waals surface area contributed by atoms with E-state index in [1.165, 1.54) is 0 Å². The van der Waals surface area contributed by atoms with Crippen molar-refractivity contribution in [3.63, 3.8) is 0 Å². The Hall–Kier alpha value is -3.41. The summed E-state index contributed by atoms with van der Waals surface area (Å²) < 4.78 is 1.71. The number of carbonyl (C=O) groups is 2. The number of amides is 2. The highest BCUT2D eigenvalue weighted by Crippen LogP contribution is 2.28.